The molecule has 0 aromatic heterocycles. The van der Waals surface area contributed by atoms with E-state index in [1.807, 2.05) is 72.8 Å². The highest BCUT2D eigenvalue weighted by Crippen LogP contribution is 2.29. The van der Waals surface area contributed by atoms with Gasteiger partial charge in [0.25, 0.3) is 5.91 Å². The summed E-state index contributed by atoms with van der Waals surface area (Å²) < 4.78 is 17.5. The van der Waals surface area contributed by atoms with Crippen molar-refractivity contribution in [2.45, 2.75) is 13.2 Å². The van der Waals surface area contributed by atoms with Crippen molar-refractivity contribution >= 4 is 22.9 Å². The standard InChI is InChI=1S/C33H28N2O4/c1-37-32-20-26(18-19-31(32)38-22-24-10-3-2-4-11-24)33(36)35-34-21-27-13-6-8-17-30(27)39-23-28-15-9-14-25-12-5-7-16-29(25)28/h2-21H,22-23H2,1H3,(H,35,36)/b34-21+. The van der Waals surface area contributed by atoms with Crippen molar-refractivity contribution in [1.29, 1.82) is 0 Å². The van der Waals surface area contributed by atoms with E-state index in [1.165, 1.54) is 5.39 Å². The number of carbonyl (C=O) groups excluding carboxylic acids is 1. The molecule has 0 aliphatic rings. The minimum Gasteiger partial charge on any atom is -0.493 e. The molecule has 0 radical (unpaired) electrons. The normalized spacial score (nSPS) is 10.9. The Labute approximate surface area is 227 Å². The molecule has 5 aromatic carbocycles. The predicted octanol–water partition coefficient (Wildman–Crippen LogP) is 6.77. The third-order valence-electron chi connectivity index (χ3n) is 6.21. The van der Waals surface area contributed by atoms with Crippen LogP contribution in [-0.2, 0) is 13.2 Å². The Morgan fingerprint density at radius 3 is 2.36 bits per heavy atom. The van der Waals surface area contributed by atoms with Crippen molar-refractivity contribution in [3.8, 4) is 17.2 Å². The molecular formula is C33H28N2O4. The van der Waals surface area contributed by atoms with Gasteiger partial charge in [-0.25, -0.2) is 5.43 Å². The van der Waals surface area contributed by atoms with E-state index >= 15 is 0 Å². The van der Waals surface area contributed by atoms with E-state index in [-0.39, 0.29) is 5.91 Å². The highest BCUT2D eigenvalue weighted by Gasteiger charge is 2.11. The molecule has 194 valence electrons. The number of nitrogens with zero attached hydrogens (tertiary/aromatic N) is 1. The minimum absolute atomic E-state index is 0.367. The summed E-state index contributed by atoms with van der Waals surface area (Å²) >= 11 is 0. The second kappa shape index (κ2) is 12.4. The number of methoxy groups -OCH3 is 1. The van der Waals surface area contributed by atoms with Crippen LogP contribution in [-0.4, -0.2) is 19.2 Å². The van der Waals surface area contributed by atoms with Crippen LogP contribution in [0.4, 0.5) is 0 Å². The largest absolute Gasteiger partial charge is 0.493 e. The number of rotatable bonds is 10. The van der Waals surface area contributed by atoms with Gasteiger partial charge in [-0.15, -0.1) is 0 Å². The molecule has 1 amide bonds. The van der Waals surface area contributed by atoms with E-state index < -0.39 is 0 Å². The number of benzene rings is 5. The van der Waals surface area contributed by atoms with Gasteiger partial charge in [0, 0.05) is 11.1 Å². The Kier molecular flexibility index (Phi) is 8.14. The van der Waals surface area contributed by atoms with Crippen molar-refractivity contribution in [3.63, 3.8) is 0 Å². The first-order chi connectivity index (χ1) is 19.2. The number of nitrogens with one attached hydrogen (secondary N) is 1. The van der Waals surface area contributed by atoms with E-state index in [0.717, 1.165) is 22.1 Å². The van der Waals surface area contributed by atoms with Crippen LogP contribution in [0.3, 0.4) is 0 Å². The molecule has 6 heteroatoms. The highest BCUT2D eigenvalue weighted by atomic mass is 16.5. The lowest BCUT2D eigenvalue weighted by atomic mass is 10.1. The van der Waals surface area contributed by atoms with Gasteiger partial charge in [-0.05, 0) is 52.2 Å². The van der Waals surface area contributed by atoms with Gasteiger partial charge in [-0.1, -0.05) is 84.9 Å². The number of amides is 1. The van der Waals surface area contributed by atoms with E-state index in [2.05, 4.69) is 34.8 Å². The topological polar surface area (TPSA) is 69.2 Å². The summed E-state index contributed by atoms with van der Waals surface area (Å²) in [5.74, 6) is 1.33. The van der Waals surface area contributed by atoms with Gasteiger partial charge < -0.3 is 14.2 Å². The monoisotopic (exact) mass is 516 g/mol. The Bertz CT molecular complexity index is 1590. The van der Waals surface area contributed by atoms with Crippen LogP contribution in [0.15, 0.2) is 120 Å². The van der Waals surface area contributed by atoms with E-state index in [0.29, 0.717) is 36.0 Å². The number of carbonyl (C=O) groups is 1. The van der Waals surface area contributed by atoms with Crippen LogP contribution in [0, 0.1) is 0 Å². The molecule has 0 aliphatic carbocycles. The number of para-hydroxylation sites is 1. The average molecular weight is 517 g/mol. The summed E-state index contributed by atoms with van der Waals surface area (Å²) in [5.41, 5.74) is 5.86. The van der Waals surface area contributed by atoms with Crippen LogP contribution in [0.5, 0.6) is 17.2 Å². The molecule has 0 atom stereocenters. The summed E-state index contributed by atoms with van der Waals surface area (Å²) in [4.78, 5) is 12.8. The zero-order valence-corrected chi connectivity index (χ0v) is 21.5. The van der Waals surface area contributed by atoms with Gasteiger partial charge in [0.2, 0.25) is 0 Å². The van der Waals surface area contributed by atoms with Crippen molar-refractivity contribution in [2.75, 3.05) is 7.11 Å². The number of fused-ring (bicyclic) bond motifs is 1. The Hall–Kier alpha value is -5.10. The second-order valence-electron chi connectivity index (χ2n) is 8.80. The fourth-order valence-electron chi connectivity index (χ4n) is 4.18. The number of hydrogen-bond acceptors (Lipinski definition) is 5. The van der Waals surface area contributed by atoms with Gasteiger partial charge in [0.05, 0.1) is 13.3 Å². The SMILES string of the molecule is COc1cc(C(=O)N/N=C/c2ccccc2OCc2cccc3ccccc23)ccc1OCc1ccccc1. The molecule has 5 aromatic rings. The van der Waals surface area contributed by atoms with Crippen LogP contribution in [0.1, 0.15) is 27.0 Å². The molecule has 0 fully saturated rings. The number of hydrogen-bond donors (Lipinski definition) is 1. The van der Waals surface area contributed by atoms with Crippen LogP contribution < -0.4 is 19.6 Å². The summed E-state index contributed by atoms with van der Waals surface area (Å²) in [6, 6.07) is 36.8. The molecule has 39 heavy (non-hydrogen) atoms. The first-order valence-electron chi connectivity index (χ1n) is 12.6. The zero-order chi connectivity index (χ0) is 26.9. The van der Waals surface area contributed by atoms with Crippen molar-refractivity contribution < 1.29 is 19.0 Å². The maximum absolute atomic E-state index is 12.8. The summed E-state index contributed by atoms with van der Waals surface area (Å²) in [7, 11) is 1.54. The summed E-state index contributed by atoms with van der Waals surface area (Å²) in [5, 5.41) is 6.49. The van der Waals surface area contributed by atoms with Gasteiger partial charge >= 0.3 is 0 Å². The van der Waals surface area contributed by atoms with Crippen LogP contribution in [0.25, 0.3) is 10.8 Å². The molecule has 0 heterocycles. The molecule has 0 saturated carbocycles. The Balaban J connectivity index is 1.22. The fraction of sp³-hybridized carbons (Fsp3) is 0.0909. The third kappa shape index (κ3) is 6.43. The zero-order valence-electron chi connectivity index (χ0n) is 21.5. The van der Waals surface area contributed by atoms with Gasteiger partial charge in [-0.3, -0.25) is 4.79 Å². The van der Waals surface area contributed by atoms with E-state index in [4.69, 9.17) is 14.2 Å². The molecular weight excluding hydrogens is 488 g/mol. The maximum atomic E-state index is 12.8. The van der Waals surface area contributed by atoms with E-state index in [9.17, 15) is 4.79 Å². The first-order valence-corrected chi connectivity index (χ1v) is 12.6. The van der Waals surface area contributed by atoms with Crippen molar-refractivity contribution in [1.82, 2.24) is 5.43 Å². The summed E-state index contributed by atoms with van der Waals surface area (Å²) in [6.07, 6.45) is 1.57. The molecule has 0 spiro atoms. The predicted molar refractivity (Wildman–Crippen MR) is 154 cm³/mol. The molecule has 0 unspecified atom stereocenters. The lowest BCUT2D eigenvalue weighted by molar-refractivity contribution is 0.0954. The van der Waals surface area contributed by atoms with Gasteiger partial charge in [0.1, 0.15) is 19.0 Å². The van der Waals surface area contributed by atoms with Crippen LogP contribution >= 0.6 is 0 Å². The molecule has 0 aliphatic heterocycles. The lowest BCUT2D eigenvalue weighted by Gasteiger charge is -2.12. The van der Waals surface area contributed by atoms with Crippen molar-refractivity contribution in [2.24, 2.45) is 5.10 Å². The lowest BCUT2D eigenvalue weighted by Crippen LogP contribution is -2.17. The molecule has 0 bridgehead atoms. The van der Waals surface area contributed by atoms with E-state index in [1.54, 1.807) is 31.5 Å². The number of ether oxygens (including phenoxy) is 3. The fourth-order valence-corrected chi connectivity index (χ4v) is 4.18. The Morgan fingerprint density at radius 2 is 1.49 bits per heavy atom. The van der Waals surface area contributed by atoms with Gasteiger partial charge in [-0.2, -0.15) is 5.10 Å². The second-order valence-corrected chi connectivity index (χ2v) is 8.80. The quantitative estimate of drug-likeness (QED) is 0.164. The summed E-state index contributed by atoms with van der Waals surface area (Å²) in [6.45, 7) is 0.812. The van der Waals surface area contributed by atoms with Crippen LogP contribution in [0.2, 0.25) is 0 Å². The van der Waals surface area contributed by atoms with Gasteiger partial charge in [0.15, 0.2) is 11.5 Å². The molecule has 6 nitrogen and oxygen atoms in total. The third-order valence-corrected chi connectivity index (χ3v) is 6.21. The molecule has 5 rings (SSSR count). The highest BCUT2D eigenvalue weighted by molar-refractivity contribution is 5.95. The smallest absolute Gasteiger partial charge is 0.271 e. The average Bonchev–Trinajstić information content (AvgIpc) is 3.00. The minimum atomic E-state index is -0.367. The maximum Gasteiger partial charge on any atom is 0.271 e. The first kappa shape index (κ1) is 25.5. The Morgan fingerprint density at radius 1 is 0.744 bits per heavy atom. The number of hydrazone groups is 1. The molecule has 0 saturated heterocycles. The van der Waals surface area contributed by atoms with Crippen molar-refractivity contribution in [3.05, 3.63) is 138 Å². The molecule has 1 N–H and O–H groups in total.